The number of halogens is 1. The second-order valence-corrected chi connectivity index (χ2v) is 6.99. The zero-order valence-electron chi connectivity index (χ0n) is 12.3. The number of piperidine rings is 1. The summed E-state index contributed by atoms with van der Waals surface area (Å²) in [4.78, 5) is 22.2. The molecule has 1 saturated heterocycles. The quantitative estimate of drug-likeness (QED) is 0.906. The van der Waals surface area contributed by atoms with Crippen molar-refractivity contribution in [3.63, 3.8) is 0 Å². The summed E-state index contributed by atoms with van der Waals surface area (Å²) in [6.45, 7) is 7.34. The first-order valence-corrected chi connectivity index (χ1v) is 7.43. The summed E-state index contributed by atoms with van der Waals surface area (Å²) < 4.78 is 5.28. The van der Waals surface area contributed by atoms with Crippen molar-refractivity contribution in [2.24, 2.45) is 11.8 Å². The van der Waals surface area contributed by atoms with Gasteiger partial charge in [0.1, 0.15) is 16.6 Å². The number of anilines is 1. The van der Waals surface area contributed by atoms with E-state index in [2.05, 4.69) is 20.2 Å². The van der Waals surface area contributed by atoms with Crippen molar-refractivity contribution < 1.29 is 9.53 Å². The zero-order valence-corrected chi connectivity index (χ0v) is 13.1. The molecule has 1 saturated carbocycles. The van der Waals surface area contributed by atoms with E-state index in [-0.39, 0.29) is 12.1 Å². The lowest BCUT2D eigenvalue weighted by molar-refractivity contribution is 0.0518. The normalized spacial score (nSPS) is 27.2. The Hall–Kier alpha value is -1.56. The average Bonchev–Trinajstić information content (AvgIpc) is 2.83. The number of carbonyl (C=O) groups is 1. The third-order valence-electron chi connectivity index (χ3n) is 3.81. The highest BCUT2D eigenvalue weighted by Gasteiger charge is 2.57. The molecule has 2 fully saturated rings. The lowest BCUT2D eigenvalue weighted by atomic mass is 10.2. The average molecular weight is 311 g/mol. The maximum atomic E-state index is 11.7. The van der Waals surface area contributed by atoms with Gasteiger partial charge in [-0.05, 0) is 20.8 Å². The number of rotatable bonds is 2. The van der Waals surface area contributed by atoms with Crippen LogP contribution in [0.3, 0.4) is 0 Å². The summed E-state index contributed by atoms with van der Waals surface area (Å²) in [5.74, 6) is 1.77. The Morgan fingerprint density at radius 2 is 2.00 bits per heavy atom. The number of hydrogen-bond acceptors (Lipinski definition) is 5. The van der Waals surface area contributed by atoms with Crippen LogP contribution in [0.25, 0.3) is 0 Å². The van der Waals surface area contributed by atoms with Crippen LogP contribution in [-0.2, 0) is 4.74 Å². The van der Waals surface area contributed by atoms with Gasteiger partial charge in [0, 0.05) is 31.0 Å². The van der Waals surface area contributed by atoms with Gasteiger partial charge in [-0.3, -0.25) is 0 Å². The molecule has 114 valence electrons. The number of nitrogens with one attached hydrogen (secondary N) is 1. The van der Waals surface area contributed by atoms with E-state index in [0.717, 1.165) is 18.9 Å². The summed E-state index contributed by atoms with van der Waals surface area (Å²) in [6, 6.07) is 0.219. The van der Waals surface area contributed by atoms with E-state index >= 15 is 0 Å². The fourth-order valence-corrected chi connectivity index (χ4v) is 2.94. The fourth-order valence-electron chi connectivity index (χ4n) is 2.84. The highest BCUT2D eigenvalue weighted by Crippen LogP contribution is 2.46. The lowest BCUT2D eigenvalue weighted by Gasteiger charge is -2.22. The Morgan fingerprint density at radius 1 is 1.33 bits per heavy atom. The van der Waals surface area contributed by atoms with Crippen LogP contribution in [0.1, 0.15) is 20.8 Å². The predicted molar refractivity (Wildman–Crippen MR) is 79.4 cm³/mol. The number of carbonyl (C=O) groups excluding carboxylic acids is 1. The molecule has 0 unspecified atom stereocenters. The Labute approximate surface area is 128 Å². The lowest BCUT2D eigenvalue weighted by Crippen LogP contribution is -2.38. The van der Waals surface area contributed by atoms with Gasteiger partial charge in [-0.2, -0.15) is 0 Å². The van der Waals surface area contributed by atoms with Crippen LogP contribution in [0, 0.1) is 11.8 Å². The van der Waals surface area contributed by atoms with Gasteiger partial charge < -0.3 is 15.0 Å². The maximum absolute atomic E-state index is 11.7. The molecule has 2 aliphatic rings. The molecule has 0 bridgehead atoms. The minimum absolute atomic E-state index is 0.219. The van der Waals surface area contributed by atoms with Crippen LogP contribution in [-0.4, -0.2) is 40.8 Å². The Morgan fingerprint density at radius 3 is 2.52 bits per heavy atom. The van der Waals surface area contributed by atoms with E-state index in [9.17, 15) is 4.79 Å². The number of alkyl carbamates (subject to hydrolysis) is 1. The molecule has 1 aromatic rings. The van der Waals surface area contributed by atoms with Gasteiger partial charge in [0.15, 0.2) is 0 Å². The fraction of sp³-hybridized carbons (Fsp3) is 0.643. The van der Waals surface area contributed by atoms with Gasteiger partial charge in [-0.25, -0.2) is 14.8 Å². The van der Waals surface area contributed by atoms with E-state index in [1.54, 1.807) is 12.4 Å². The topological polar surface area (TPSA) is 67.3 Å². The standard InChI is InChI=1S/C14H19ClN4O2/c1-14(2,3)21-13(20)18-12-8-6-19(7-9(8)12)11-5-16-10(15)4-17-11/h4-5,8-9,12H,6-7H2,1-3H3,(H,18,20)/t8-,9+,12+. The molecule has 1 N–H and O–H groups in total. The van der Waals surface area contributed by atoms with E-state index in [4.69, 9.17) is 16.3 Å². The number of fused-ring (bicyclic) bond motifs is 1. The van der Waals surface area contributed by atoms with Gasteiger partial charge in [-0.15, -0.1) is 0 Å². The maximum Gasteiger partial charge on any atom is 0.407 e. The summed E-state index contributed by atoms with van der Waals surface area (Å²) in [5, 5.41) is 3.34. The molecule has 21 heavy (non-hydrogen) atoms. The van der Waals surface area contributed by atoms with Crippen LogP contribution in [0.4, 0.5) is 10.6 Å². The molecule has 0 radical (unpaired) electrons. The first-order chi connectivity index (χ1) is 9.83. The third-order valence-corrected chi connectivity index (χ3v) is 4.00. The van der Waals surface area contributed by atoms with Crippen molar-refractivity contribution in [3.05, 3.63) is 17.5 Å². The molecule has 0 aromatic carbocycles. The first-order valence-electron chi connectivity index (χ1n) is 7.05. The van der Waals surface area contributed by atoms with Crippen molar-refractivity contribution in [2.75, 3.05) is 18.0 Å². The van der Waals surface area contributed by atoms with Crippen LogP contribution < -0.4 is 10.2 Å². The molecule has 1 aliphatic carbocycles. The monoisotopic (exact) mass is 310 g/mol. The molecule has 3 rings (SSSR count). The predicted octanol–water partition coefficient (Wildman–Crippen LogP) is 2.09. The molecule has 7 heteroatoms. The second-order valence-electron chi connectivity index (χ2n) is 6.60. The van der Waals surface area contributed by atoms with E-state index in [1.165, 1.54) is 0 Å². The number of amides is 1. The third kappa shape index (κ3) is 3.20. The van der Waals surface area contributed by atoms with E-state index < -0.39 is 5.60 Å². The van der Waals surface area contributed by atoms with Crippen molar-refractivity contribution in [2.45, 2.75) is 32.4 Å². The molecule has 1 aliphatic heterocycles. The number of aromatic nitrogens is 2. The van der Waals surface area contributed by atoms with Gasteiger partial charge in [0.2, 0.25) is 0 Å². The van der Waals surface area contributed by atoms with Crippen molar-refractivity contribution in [3.8, 4) is 0 Å². The van der Waals surface area contributed by atoms with Gasteiger partial charge in [0.05, 0.1) is 12.4 Å². The molecule has 0 spiro atoms. The minimum atomic E-state index is -0.459. The van der Waals surface area contributed by atoms with Crippen molar-refractivity contribution in [1.29, 1.82) is 0 Å². The Bertz CT molecular complexity index is 531. The Kier molecular flexibility index (Phi) is 3.43. The van der Waals surface area contributed by atoms with Crippen LogP contribution in [0.5, 0.6) is 0 Å². The molecule has 3 atom stereocenters. The van der Waals surface area contributed by atoms with Gasteiger partial charge in [0.25, 0.3) is 0 Å². The van der Waals surface area contributed by atoms with Gasteiger partial charge in [-0.1, -0.05) is 11.6 Å². The highest BCUT2D eigenvalue weighted by molar-refractivity contribution is 6.29. The minimum Gasteiger partial charge on any atom is -0.444 e. The molecule has 1 aromatic heterocycles. The van der Waals surface area contributed by atoms with Crippen LogP contribution in [0.15, 0.2) is 12.4 Å². The SMILES string of the molecule is CC(C)(C)OC(=O)N[C@H]1[C@@H]2CN(c3cnc(Cl)cn3)C[C@@H]21. The molecule has 6 nitrogen and oxygen atoms in total. The zero-order chi connectivity index (χ0) is 15.2. The number of hydrogen-bond donors (Lipinski definition) is 1. The Balaban J connectivity index is 1.50. The molecular formula is C14H19ClN4O2. The van der Waals surface area contributed by atoms with Crippen molar-refractivity contribution in [1.82, 2.24) is 15.3 Å². The van der Waals surface area contributed by atoms with E-state index in [0.29, 0.717) is 17.0 Å². The van der Waals surface area contributed by atoms with Crippen molar-refractivity contribution >= 4 is 23.5 Å². The summed E-state index contributed by atoms with van der Waals surface area (Å²) in [7, 11) is 0. The smallest absolute Gasteiger partial charge is 0.407 e. The molecule has 1 amide bonds. The highest BCUT2D eigenvalue weighted by atomic mass is 35.5. The summed E-state index contributed by atoms with van der Waals surface area (Å²) >= 11 is 5.74. The number of nitrogens with zero attached hydrogens (tertiary/aromatic N) is 3. The van der Waals surface area contributed by atoms with Crippen LogP contribution >= 0.6 is 11.6 Å². The molecular weight excluding hydrogens is 292 g/mol. The summed E-state index contributed by atoms with van der Waals surface area (Å²) in [5.41, 5.74) is -0.459. The largest absolute Gasteiger partial charge is 0.444 e. The van der Waals surface area contributed by atoms with E-state index in [1.807, 2.05) is 20.8 Å². The second kappa shape index (κ2) is 5.02. The van der Waals surface area contributed by atoms with Crippen LogP contribution in [0.2, 0.25) is 5.15 Å². The number of ether oxygens (including phenoxy) is 1. The molecule has 2 heterocycles. The summed E-state index contributed by atoms with van der Waals surface area (Å²) in [6.07, 6.45) is 2.90. The first kappa shape index (κ1) is 14.4. The van der Waals surface area contributed by atoms with Gasteiger partial charge >= 0.3 is 6.09 Å².